The Morgan fingerprint density at radius 2 is 2.33 bits per heavy atom. The molecular formula is C11H16N4O3. The summed E-state index contributed by atoms with van der Waals surface area (Å²) in [6, 6.07) is -1.18. The molecule has 0 saturated carbocycles. The average molecular weight is 252 g/mol. The predicted octanol–water partition coefficient (Wildman–Crippen LogP) is 0.271. The van der Waals surface area contributed by atoms with Crippen molar-refractivity contribution in [2.75, 3.05) is 6.54 Å². The van der Waals surface area contributed by atoms with E-state index in [0.29, 0.717) is 26.1 Å². The fourth-order valence-corrected chi connectivity index (χ4v) is 1.93. The van der Waals surface area contributed by atoms with Crippen molar-refractivity contribution in [2.24, 2.45) is 0 Å². The first kappa shape index (κ1) is 12.4. The zero-order chi connectivity index (χ0) is 13.1. The minimum atomic E-state index is -1.01. The van der Waals surface area contributed by atoms with Gasteiger partial charge in [-0.3, -0.25) is 0 Å². The number of fused-ring (bicyclic) bond motifs is 1. The fraction of sp³-hybridized carbons (Fsp3) is 0.545. The normalized spacial score (nSPS) is 15.9. The summed E-state index contributed by atoms with van der Waals surface area (Å²) in [7, 11) is 0. The number of nitrogens with zero attached hydrogens (tertiary/aromatic N) is 3. The van der Waals surface area contributed by atoms with E-state index in [-0.39, 0.29) is 6.03 Å². The molecular weight excluding hydrogens is 236 g/mol. The molecule has 0 aromatic carbocycles. The molecule has 0 saturated heterocycles. The highest BCUT2D eigenvalue weighted by molar-refractivity contribution is 5.82. The lowest BCUT2D eigenvalue weighted by molar-refractivity contribution is -0.139. The molecule has 1 aromatic heterocycles. The molecule has 0 spiro atoms. The van der Waals surface area contributed by atoms with Crippen molar-refractivity contribution < 1.29 is 14.7 Å². The van der Waals surface area contributed by atoms with Gasteiger partial charge in [-0.25, -0.2) is 14.6 Å². The Bertz CT molecular complexity index is 457. The minimum Gasteiger partial charge on any atom is -0.480 e. The molecule has 1 aromatic rings. The van der Waals surface area contributed by atoms with Crippen molar-refractivity contribution in [3.05, 3.63) is 18.2 Å². The molecule has 1 atom stereocenters. The van der Waals surface area contributed by atoms with Crippen LogP contribution in [0.2, 0.25) is 0 Å². The molecule has 0 radical (unpaired) electrons. The summed E-state index contributed by atoms with van der Waals surface area (Å²) >= 11 is 0. The van der Waals surface area contributed by atoms with E-state index in [2.05, 4.69) is 10.3 Å². The number of amides is 2. The molecule has 1 aliphatic heterocycles. The summed E-state index contributed by atoms with van der Waals surface area (Å²) in [4.78, 5) is 28.5. The van der Waals surface area contributed by atoms with Crippen LogP contribution >= 0.6 is 0 Å². The van der Waals surface area contributed by atoms with Crippen LogP contribution in [0.3, 0.4) is 0 Å². The van der Waals surface area contributed by atoms with Crippen molar-refractivity contribution >= 4 is 12.0 Å². The van der Waals surface area contributed by atoms with Crippen LogP contribution in [0, 0.1) is 0 Å². The maximum atomic E-state index is 11.9. The first-order chi connectivity index (χ1) is 8.61. The lowest BCUT2D eigenvalue weighted by Gasteiger charge is -2.28. The molecule has 98 valence electrons. The van der Waals surface area contributed by atoms with Gasteiger partial charge in [0.2, 0.25) is 0 Å². The third-order valence-electron chi connectivity index (χ3n) is 3.04. The van der Waals surface area contributed by atoms with Crippen LogP contribution in [-0.4, -0.2) is 44.1 Å². The van der Waals surface area contributed by atoms with Crippen LogP contribution in [0.15, 0.2) is 12.4 Å². The second-order valence-corrected chi connectivity index (χ2v) is 4.21. The molecule has 2 rings (SSSR count). The molecule has 0 fully saturated rings. The van der Waals surface area contributed by atoms with Crippen LogP contribution in [0.25, 0.3) is 0 Å². The Hall–Kier alpha value is -2.05. The number of carbonyl (C=O) groups excluding carboxylic acids is 1. The average Bonchev–Trinajstić information content (AvgIpc) is 2.82. The SMILES string of the molecule is CC[C@H](NC(=O)N1CCn2ccnc2C1)C(=O)O. The number of nitrogens with one attached hydrogen (secondary N) is 1. The predicted molar refractivity (Wildman–Crippen MR) is 62.9 cm³/mol. The van der Waals surface area contributed by atoms with Crippen molar-refractivity contribution in [1.82, 2.24) is 19.8 Å². The Labute approximate surface area is 104 Å². The highest BCUT2D eigenvalue weighted by atomic mass is 16.4. The largest absolute Gasteiger partial charge is 0.480 e. The van der Waals surface area contributed by atoms with Gasteiger partial charge >= 0.3 is 12.0 Å². The third-order valence-corrected chi connectivity index (χ3v) is 3.04. The molecule has 0 bridgehead atoms. The number of rotatable bonds is 3. The van der Waals surface area contributed by atoms with Crippen molar-refractivity contribution in [3.8, 4) is 0 Å². The summed E-state index contributed by atoms with van der Waals surface area (Å²) in [6.45, 7) is 3.38. The molecule has 7 heteroatoms. The van der Waals surface area contributed by atoms with E-state index in [4.69, 9.17) is 5.11 Å². The van der Waals surface area contributed by atoms with Gasteiger partial charge in [0, 0.05) is 25.5 Å². The van der Waals surface area contributed by atoms with Gasteiger partial charge in [-0.2, -0.15) is 0 Å². The van der Waals surface area contributed by atoms with Gasteiger partial charge in [-0.1, -0.05) is 6.92 Å². The van der Waals surface area contributed by atoms with Gasteiger partial charge in [0.15, 0.2) is 0 Å². The van der Waals surface area contributed by atoms with Crippen LogP contribution in [0.4, 0.5) is 4.79 Å². The van der Waals surface area contributed by atoms with E-state index >= 15 is 0 Å². The second kappa shape index (κ2) is 5.07. The summed E-state index contributed by atoms with van der Waals surface area (Å²) in [6.07, 6.45) is 3.93. The molecule has 18 heavy (non-hydrogen) atoms. The van der Waals surface area contributed by atoms with Crippen molar-refractivity contribution in [2.45, 2.75) is 32.5 Å². The number of hydrogen-bond acceptors (Lipinski definition) is 3. The molecule has 1 aliphatic rings. The monoisotopic (exact) mass is 252 g/mol. The third kappa shape index (κ3) is 2.44. The zero-order valence-electron chi connectivity index (χ0n) is 10.2. The van der Waals surface area contributed by atoms with Crippen LogP contribution in [0.5, 0.6) is 0 Å². The topological polar surface area (TPSA) is 87.5 Å². The van der Waals surface area contributed by atoms with Crippen LogP contribution in [0.1, 0.15) is 19.2 Å². The molecule has 7 nitrogen and oxygen atoms in total. The zero-order valence-corrected chi connectivity index (χ0v) is 10.2. The van der Waals surface area contributed by atoms with E-state index in [0.717, 1.165) is 5.82 Å². The lowest BCUT2D eigenvalue weighted by Crippen LogP contribution is -2.49. The van der Waals surface area contributed by atoms with Gasteiger partial charge < -0.3 is 19.9 Å². The summed E-state index contributed by atoms with van der Waals surface area (Å²) in [5.74, 6) is -0.191. The Morgan fingerprint density at radius 3 is 3.00 bits per heavy atom. The number of aliphatic carboxylic acids is 1. The number of urea groups is 1. The van der Waals surface area contributed by atoms with Crippen LogP contribution in [-0.2, 0) is 17.9 Å². The Balaban J connectivity index is 1.97. The maximum absolute atomic E-state index is 11.9. The lowest BCUT2D eigenvalue weighted by atomic mass is 10.2. The number of hydrogen-bond donors (Lipinski definition) is 2. The minimum absolute atomic E-state index is 0.349. The highest BCUT2D eigenvalue weighted by Gasteiger charge is 2.24. The van der Waals surface area contributed by atoms with Crippen molar-refractivity contribution in [3.63, 3.8) is 0 Å². The van der Waals surface area contributed by atoms with Crippen molar-refractivity contribution in [1.29, 1.82) is 0 Å². The maximum Gasteiger partial charge on any atom is 0.326 e. The standard InChI is InChI=1S/C11H16N4O3/c1-2-8(10(16)17)13-11(18)15-6-5-14-4-3-12-9(14)7-15/h3-4,8H,2,5-7H2,1H3,(H,13,18)(H,16,17)/t8-/m0/s1. The molecule has 2 heterocycles. The summed E-state index contributed by atoms with van der Waals surface area (Å²) in [5, 5.41) is 11.4. The number of carboxylic acid groups (broad SMARTS) is 1. The van der Waals surface area contributed by atoms with E-state index in [9.17, 15) is 9.59 Å². The highest BCUT2D eigenvalue weighted by Crippen LogP contribution is 2.10. The van der Waals surface area contributed by atoms with Gasteiger partial charge in [0.05, 0.1) is 6.54 Å². The quantitative estimate of drug-likeness (QED) is 0.808. The fourth-order valence-electron chi connectivity index (χ4n) is 1.93. The van der Waals surface area contributed by atoms with Gasteiger partial charge in [0.25, 0.3) is 0 Å². The van der Waals surface area contributed by atoms with E-state index in [1.165, 1.54) is 0 Å². The second-order valence-electron chi connectivity index (χ2n) is 4.21. The smallest absolute Gasteiger partial charge is 0.326 e. The Morgan fingerprint density at radius 1 is 1.56 bits per heavy atom. The van der Waals surface area contributed by atoms with Gasteiger partial charge in [0.1, 0.15) is 11.9 Å². The number of carboxylic acids is 1. The Kier molecular flexibility index (Phi) is 3.50. The number of aromatic nitrogens is 2. The first-order valence-corrected chi connectivity index (χ1v) is 5.90. The first-order valence-electron chi connectivity index (χ1n) is 5.90. The number of imidazole rings is 1. The van der Waals surface area contributed by atoms with E-state index in [1.807, 2.05) is 10.8 Å². The van der Waals surface area contributed by atoms with Gasteiger partial charge in [-0.05, 0) is 6.42 Å². The molecule has 2 amide bonds. The van der Waals surface area contributed by atoms with Crippen LogP contribution < -0.4 is 5.32 Å². The van der Waals surface area contributed by atoms with E-state index < -0.39 is 12.0 Å². The summed E-state index contributed by atoms with van der Waals surface area (Å²) in [5.41, 5.74) is 0. The molecule has 0 unspecified atom stereocenters. The summed E-state index contributed by atoms with van der Waals surface area (Å²) < 4.78 is 1.98. The molecule has 2 N–H and O–H groups in total. The molecule has 0 aliphatic carbocycles. The van der Waals surface area contributed by atoms with Gasteiger partial charge in [-0.15, -0.1) is 0 Å². The van der Waals surface area contributed by atoms with E-state index in [1.54, 1.807) is 18.0 Å². The number of carbonyl (C=O) groups is 2.